The number of aromatic carboxylic acids is 1. The summed E-state index contributed by atoms with van der Waals surface area (Å²) in [6.45, 7) is 2.83. The van der Waals surface area contributed by atoms with E-state index in [-0.39, 0.29) is 0 Å². The lowest BCUT2D eigenvalue weighted by Crippen LogP contribution is -2.42. The van der Waals surface area contributed by atoms with Gasteiger partial charge in [0.25, 0.3) is 5.01 Å². The first-order valence-electron chi connectivity index (χ1n) is 5.36. The van der Waals surface area contributed by atoms with Gasteiger partial charge in [0.1, 0.15) is 4.70 Å². The molecule has 0 unspecified atom stereocenters. The van der Waals surface area contributed by atoms with Gasteiger partial charge in [0.15, 0.2) is 12.5 Å². The summed E-state index contributed by atoms with van der Waals surface area (Å²) in [7, 11) is 0. The maximum Gasteiger partial charge on any atom is 0.285 e. The van der Waals surface area contributed by atoms with Crippen molar-refractivity contribution in [3.63, 3.8) is 0 Å². The van der Waals surface area contributed by atoms with Crippen molar-refractivity contribution in [2.45, 2.75) is 26.3 Å². The Morgan fingerprint density at radius 3 is 2.88 bits per heavy atom. The Balaban J connectivity index is 2.55. The van der Waals surface area contributed by atoms with E-state index in [1.54, 1.807) is 0 Å². The molecule has 3 nitrogen and oxygen atoms in total. The molecule has 0 aliphatic rings. The molecule has 0 atom stereocenters. The van der Waals surface area contributed by atoms with E-state index in [9.17, 15) is 9.90 Å². The Hall–Kier alpha value is -1.42. The van der Waals surface area contributed by atoms with Crippen molar-refractivity contribution in [1.29, 1.82) is 0 Å². The van der Waals surface area contributed by atoms with Crippen LogP contribution in [0.2, 0.25) is 0 Å². The third-order valence-electron chi connectivity index (χ3n) is 2.52. The molecule has 0 aliphatic carbocycles. The van der Waals surface area contributed by atoms with Crippen LogP contribution in [0.5, 0.6) is 0 Å². The number of para-hydroxylation sites is 1. The summed E-state index contributed by atoms with van der Waals surface area (Å²) in [5, 5.41) is 11.3. The van der Waals surface area contributed by atoms with E-state index >= 15 is 0 Å². The monoisotopic (exact) mass is 235 g/mol. The minimum Gasteiger partial charge on any atom is -0.539 e. The molecule has 0 spiro atoms. The van der Waals surface area contributed by atoms with E-state index in [0.717, 1.165) is 29.6 Å². The van der Waals surface area contributed by atoms with Crippen LogP contribution in [-0.4, -0.2) is 5.97 Å². The van der Waals surface area contributed by atoms with Crippen molar-refractivity contribution in [3.05, 3.63) is 29.3 Å². The third-order valence-corrected chi connectivity index (χ3v) is 3.66. The highest BCUT2D eigenvalue weighted by Crippen LogP contribution is 2.19. The molecule has 0 fully saturated rings. The number of hydrogen-bond acceptors (Lipinski definition) is 3. The number of benzene rings is 1. The number of carbonyl (C=O) groups is 1. The summed E-state index contributed by atoms with van der Waals surface area (Å²) in [5.41, 5.74) is 0.986. The molecular formula is C12H13NO2S. The molecule has 2 rings (SSSR count). The number of rotatable bonds is 4. The van der Waals surface area contributed by atoms with Gasteiger partial charge in [-0.15, -0.1) is 0 Å². The molecule has 0 aliphatic heterocycles. The van der Waals surface area contributed by atoms with Crippen LogP contribution in [-0.2, 0) is 6.54 Å². The van der Waals surface area contributed by atoms with Gasteiger partial charge in [-0.25, -0.2) is 0 Å². The zero-order valence-corrected chi connectivity index (χ0v) is 9.92. The number of nitrogens with zero attached hydrogens (tertiary/aromatic N) is 1. The minimum atomic E-state index is -1.09. The zero-order chi connectivity index (χ0) is 11.5. The number of thiazole rings is 1. The normalized spacial score (nSPS) is 10.8. The first kappa shape index (κ1) is 11.1. The number of aryl methyl sites for hydroxylation is 1. The van der Waals surface area contributed by atoms with Crippen LogP contribution in [0.1, 0.15) is 29.6 Å². The Labute approximate surface area is 98.0 Å². The molecule has 1 heterocycles. The fourth-order valence-electron chi connectivity index (χ4n) is 1.73. The van der Waals surface area contributed by atoms with E-state index in [4.69, 9.17) is 0 Å². The number of fused-ring (bicyclic) bond motifs is 1. The average Bonchev–Trinajstić information content (AvgIpc) is 2.65. The van der Waals surface area contributed by atoms with E-state index in [2.05, 4.69) is 6.92 Å². The van der Waals surface area contributed by atoms with Gasteiger partial charge in [0.05, 0.1) is 0 Å². The lowest BCUT2D eigenvalue weighted by Gasteiger charge is -1.98. The van der Waals surface area contributed by atoms with Crippen molar-refractivity contribution in [2.24, 2.45) is 0 Å². The van der Waals surface area contributed by atoms with Crippen molar-refractivity contribution in [1.82, 2.24) is 0 Å². The molecule has 2 aromatic rings. The number of carboxylic acids is 1. The summed E-state index contributed by atoms with van der Waals surface area (Å²) in [6.07, 6.45) is 2.02. The maximum atomic E-state index is 11.0. The van der Waals surface area contributed by atoms with Gasteiger partial charge in [-0.3, -0.25) is 0 Å². The van der Waals surface area contributed by atoms with Gasteiger partial charge in [-0.2, -0.15) is 4.57 Å². The molecule has 0 bridgehead atoms. The Bertz CT molecular complexity index is 519. The van der Waals surface area contributed by atoms with Gasteiger partial charge < -0.3 is 9.90 Å². The van der Waals surface area contributed by atoms with Crippen molar-refractivity contribution >= 4 is 27.5 Å². The van der Waals surface area contributed by atoms with Gasteiger partial charge in [-0.1, -0.05) is 36.8 Å². The smallest absolute Gasteiger partial charge is 0.285 e. The van der Waals surface area contributed by atoms with Gasteiger partial charge >= 0.3 is 0 Å². The lowest BCUT2D eigenvalue weighted by atomic mass is 10.3. The largest absolute Gasteiger partial charge is 0.539 e. The Morgan fingerprint density at radius 2 is 2.19 bits per heavy atom. The fourth-order valence-corrected chi connectivity index (χ4v) is 2.75. The standard InChI is InChI=1S/C12H13NO2S/c1-2-3-8-13-9-6-4-5-7-10(9)16-11(13)12(14)15/h4-7H,2-3,8H2,1H3. The second kappa shape index (κ2) is 4.61. The second-order valence-electron chi connectivity index (χ2n) is 3.67. The van der Waals surface area contributed by atoms with E-state index in [0.29, 0.717) is 5.01 Å². The summed E-state index contributed by atoms with van der Waals surface area (Å²) in [5.74, 6) is -1.09. The van der Waals surface area contributed by atoms with Gasteiger partial charge in [-0.05, 0) is 6.07 Å². The first-order valence-corrected chi connectivity index (χ1v) is 6.18. The predicted molar refractivity (Wildman–Crippen MR) is 61.3 cm³/mol. The highest BCUT2D eigenvalue weighted by molar-refractivity contribution is 7.19. The molecule has 84 valence electrons. The van der Waals surface area contributed by atoms with Crippen LogP contribution in [0.15, 0.2) is 24.3 Å². The molecular weight excluding hydrogens is 222 g/mol. The summed E-state index contributed by atoms with van der Waals surface area (Å²) >= 11 is 1.28. The molecule has 16 heavy (non-hydrogen) atoms. The quantitative estimate of drug-likeness (QED) is 0.751. The molecule has 1 aromatic heterocycles. The van der Waals surface area contributed by atoms with Crippen LogP contribution in [0.25, 0.3) is 10.2 Å². The zero-order valence-electron chi connectivity index (χ0n) is 9.10. The molecule has 0 N–H and O–H groups in total. The Morgan fingerprint density at radius 1 is 1.44 bits per heavy atom. The minimum absolute atomic E-state index is 0.314. The highest BCUT2D eigenvalue weighted by Gasteiger charge is 2.20. The Kier molecular flexibility index (Phi) is 3.19. The highest BCUT2D eigenvalue weighted by atomic mass is 32.1. The lowest BCUT2D eigenvalue weighted by molar-refractivity contribution is -0.671. The molecule has 0 radical (unpaired) electrons. The van der Waals surface area contributed by atoms with E-state index in [1.165, 1.54) is 11.3 Å². The predicted octanol–water partition coefficient (Wildman–Crippen LogP) is 1.35. The summed E-state index contributed by atoms with van der Waals surface area (Å²) in [4.78, 5) is 11.0. The van der Waals surface area contributed by atoms with Crippen LogP contribution in [0, 0.1) is 0 Å². The molecule has 1 aromatic carbocycles. The molecule has 0 saturated carbocycles. The van der Waals surface area contributed by atoms with Crippen molar-refractivity contribution < 1.29 is 14.5 Å². The molecule has 4 heteroatoms. The second-order valence-corrected chi connectivity index (χ2v) is 4.70. The van der Waals surface area contributed by atoms with E-state index < -0.39 is 5.97 Å². The SMILES string of the molecule is CCCC[n+]1c(C(=O)[O-])sc2ccccc21. The summed E-state index contributed by atoms with van der Waals surface area (Å²) in [6, 6.07) is 7.74. The topological polar surface area (TPSA) is 44.0 Å². The van der Waals surface area contributed by atoms with Crippen LogP contribution in [0.3, 0.4) is 0 Å². The number of carbonyl (C=O) groups excluding carboxylic acids is 1. The van der Waals surface area contributed by atoms with Crippen LogP contribution >= 0.6 is 11.3 Å². The van der Waals surface area contributed by atoms with Crippen LogP contribution < -0.4 is 9.67 Å². The number of aromatic nitrogens is 1. The average molecular weight is 235 g/mol. The van der Waals surface area contributed by atoms with Crippen molar-refractivity contribution in [2.75, 3.05) is 0 Å². The van der Waals surface area contributed by atoms with Gasteiger partial charge in [0, 0.05) is 12.5 Å². The number of carboxylic acid groups (broad SMARTS) is 1. The van der Waals surface area contributed by atoms with Crippen molar-refractivity contribution in [3.8, 4) is 0 Å². The third kappa shape index (κ3) is 1.93. The summed E-state index contributed by atoms with van der Waals surface area (Å²) < 4.78 is 2.84. The maximum absolute atomic E-state index is 11.0. The van der Waals surface area contributed by atoms with E-state index in [1.807, 2.05) is 28.8 Å². The van der Waals surface area contributed by atoms with Gasteiger partial charge in [0.2, 0.25) is 5.52 Å². The number of unbranched alkanes of at least 4 members (excludes halogenated alkanes) is 1. The fraction of sp³-hybridized carbons (Fsp3) is 0.333. The van der Waals surface area contributed by atoms with Crippen LogP contribution in [0.4, 0.5) is 0 Å². The molecule has 0 amide bonds. The first-order chi connectivity index (χ1) is 7.74. The number of hydrogen-bond donors (Lipinski definition) is 0. The molecule has 0 saturated heterocycles.